The average molecular weight is 233 g/mol. The molecule has 2 rings (SSSR count). The molecular formula is C9H3Cl3O. The molecule has 0 saturated heterocycles. The third-order valence-electron chi connectivity index (χ3n) is 1.84. The molecule has 1 aromatic carbocycles. The van der Waals surface area contributed by atoms with E-state index in [4.69, 9.17) is 34.8 Å². The molecule has 0 saturated carbocycles. The van der Waals surface area contributed by atoms with Gasteiger partial charge in [0.15, 0.2) is 5.78 Å². The Balaban J connectivity index is 2.72. The summed E-state index contributed by atoms with van der Waals surface area (Å²) in [5.41, 5.74) is 1.17. The molecule has 1 aliphatic rings. The lowest BCUT2D eigenvalue weighted by Gasteiger charge is -2.01. The zero-order chi connectivity index (χ0) is 9.59. The Morgan fingerprint density at radius 3 is 2.08 bits per heavy atom. The molecule has 0 bridgehead atoms. The second-order valence-corrected chi connectivity index (χ2v) is 3.89. The first kappa shape index (κ1) is 9.07. The predicted octanol–water partition coefficient (Wildman–Crippen LogP) is 3.77. The number of rotatable bonds is 0. The number of halogens is 3. The summed E-state index contributed by atoms with van der Waals surface area (Å²) in [6.45, 7) is 0. The van der Waals surface area contributed by atoms with E-state index in [-0.39, 0.29) is 5.78 Å². The standard InChI is InChI=1S/C9H3Cl3O/c10-6-3-9(13)5-2-8(12)7(11)1-4(5)6/h1-3H. The molecule has 0 amide bonds. The van der Waals surface area contributed by atoms with Crippen LogP contribution in [0.1, 0.15) is 15.9 Å². The molecule has 0 aromatic heterocycles. The molecule has 0 unspecified atom stereocenters. The van der Waals surface area contributed by atoms with Crippen molar-refractivity contribution in [3.8, 4) is 0 Å². The van der Waals surface area contributed by atoms with Gasteiger partial charge in [0, 0.05) is 17.2 Å². The molecule has 0 fully saturated rings. The van der Waals surface area contributed by atoms with Crippen molar-refractivity contribution >= 4 is 45.6 Å². The van der Waals surface area contributed by atoms with Gasteiger partial charge in [-0.3, -0.25) is 4.79 Å². The maximum absolute atomic E-state index is 11.3. The maximum Gasteiger partial charge on any atom is 0.188 e. The topological polar surface area (TPSA) is 17.1 Å². The van der Waals surface area contributed by atoms with Crippen LogP contribution in [0.4, 0.5) is 0 Å². The quantitative estimate of drug-likeness (QED) is 0.667. The molecule has 0 radical (unpaired) electrons. The Hall–Kier alpha value is -0.500. The van der Waals surface area contributed by atoms with Gasteiger partial charge in [-0.25, -0.2) is 0 Å². The van der Waals surface area contributed by atoms with Crippen LogP contribution in [0.25, 0.3) is 5.03 Å². The minimum Gasteiger partial charge on any atom is -0.289 e. The van der Waals surface area contributed by atoms with Crippen LogP contribution in [0.2, 0.25) is 10.0 Å². The molecule has 0 aliphatic heterocycles. The summed E-state index contributed by atoms with van der Waals surface area (Å²) in [6, 6.07) is 3.14. The van der Waals surface area contributed by atoms with Crippen molar-refractivity contribution in [3.05, 3.63) is 39.4 Å². The van der Waals surface area contributed by atoms with Crippen LogP contribution in [-0.4, -0.2) is 5.78 Å². The van der Waals surface area contributed by atoms with Gasteiger partial charge in [0.2, 0.25) is 0 Å². The van der Waals surface area contributed by atoms with E-state index in [1.54, 1.807) is 6.07 Å². The number of carbonyl (C=O) groups is 1. The zero-order valence-corrected chi connectivity index (χ0v) is 8.54. The number of benzene rings is 1. The van der Waals surface area contributed by atoms with Crippen molar-refractivity contribution in [1.29, 1.82) is 0 Å². The van der Waals surface area contributed by atoms with Gasteiger partial charge in [-0.1, -0.05) is 34.8 Å². The zero-order valence-electron chi connectivity index (χ0n) is 6.27. The molecule has 13 heavy (non-hydrogen) atoms. The third kappa shape index (κ3) is 1.37. The van der Waals surface area contributed by atoms with E-state index in [1.807, 2.05) is 0 Å². The number of hydrogen-bond acceptors (Lipinski definition) is 1. The van der Waals surface area contributed by atoms with E-state index in [1.165, 1.54) is 12.1 Å². The first-order valence-corrected chi connectivity index (χ1v) is 4.64. The largest absolute Gasteiger partial charge is 0.289 e. The minimum atomic E-state index is -0.126. The Morgan fingerprint density at radius 1 is 0.923 bits per heavy atom. The monoisotopic (exact) mass is 232 g/mol. The molecule has 0 atom stereocenters. The Morgan fingerprint density at radius 2 is 1.46 bits per heavy atom. The molecule has 0 spiro atoms. The highest BCUT2D eigenvalue weighted by atomic mass is 35.5. The SMILES string of the molecule is O=C1C=C(Cl)c2cc(Cl)c(Cl)cc21. The normalized spacial score (nSPS) is 14.4. The highest BCUT2D eigenvalue weighted by Crippen LogP contribution is 2.35. The van der Waals surface area contributed by atoms with E-state index < -0.39 is 0 Å². The van der Waals surface area contributed by atoms with Gasteiger partial charge in [-0.15, -0.1) is 0 Å². The van der Waals surface area contributed by atoms with Gasteiger partial charge in [0.25, 0.3) is 0 Å². The lowest BCUT2D eigenvalue weighted by atomic mass is 10.1. The molecule has 0 heterocycles. The Kier molecular flexibility index (Phi) is 2.11. The highest BCUT2D eigenvalue weighted by molar-refractivity contribution is 6.53. The van der Waals surface area contributed by atoms with Crippen LogP contribution in [0.15, 0.2) is 18.2 Å². The van der Waals surface area contributed by atoms with E-state index in [9.17, 15) is 4.79 Å². The van der Waals surface area contributed by atoms with Gasteiger partial charge in [-0.05, 0) is 12.1 Å². The van der Waals surface area contributed by atoms with Crippen LogP contribution in [0.3, 0.4) is 0 Å². The van der Waals surface area contributed by atoms with Gasteiger partial charge in [-0.2, -0.15) is 0 Å². The van der Waals surface area contributed by atoms with Gasteiger partial charge < -0.3 is 0 Å². The minimum absolute atomic E-state index is 0.126. The first-order valence-electron chi connectivity index (χ1n) is 3.50. The van der Waals surface area contributed by atoms with Crippen LogP contribution in [0, 0.1) is 0 Å². The fraction of sp³-hybridized carbons (Fsp3) is 0. The van der Waals surface area contributed by atoms with E-state index in [0.717, 1.165) is 0 Å². The van der Waals surface area contributed by atoms with Gasteiger partial charge in [0.1, 0.15) is 0 Å². The van der Waals surface area contributed by atoms with Crippen LogP contribution < -0.4 is 0 Å². The molecule has 0 N–H and O–H groups in total. The number of carbonyl (C=O) groups excluding carboxylic acids is 1. The third-order valence-corrected chi connectivity index (χ3v) is 2.88. The summed E-state index contributed by atoms with van der Waals surface area (Å²) in [6.07, 6.45) is 1.36. The fourth-order valence-corrected chi connectivity index (χ4v) is 1.80. The second-order valence-electron chi connectivity index (χ2n) is 2.67. The highest BCUT2D eigenvalue weighted by Gasteiger charge is 2.21. The van der Waals surface area contributed by atoms with Crippen molar-refractivity contribution < 1.29 is 4.79 Å². The van der Waals surface area contributed by atoms with Crippen molar-refractivity contribution in [2.24, 2.45) is 0 Å². The number of hydrogen-bond donors (Lipinski definition) is 0. The van der Waals surface area contributed by atoms with Gasteiger partial charge in [0.05, 0.1) is 15.1 Å². The van der Waals surface area contributed by atoms with Crippen molar-refractivity contribution in [1.82, 2.24) is 0 Å². The number of ketones is 1. The predicted molar refractivity (Wildman–Crippen MR) is 54.6 cm³/mol. The lowest BCUT2D eigenvalue weighted by molar-refractivity contribution is 0.105. The smallest absolute Gasteiger partial charge is 0.188 e. The summed E-state index contributed by atoms with van der Waals surface area (Å²) in [5, 5.41) is 1.19. The Labute approximate surface area is 89.9 Å². The molecule has 1 aromatic rings. The second kappa shape index (κ2) is 3.02. The lowest BCUT2D eigenvalue weighted by Crippen LogP contribution is -1.91. The van der Waals surface area contributed by atoms with E-state index >= 15 is 0 Å². The summed E-state index contributed by atoms with van der Waals surface area (Å²) in [5.74, 6) is -0.126. The summed E-state index contributed by atoms with van der Waals surface area (Å²) < 4.78 is 0. The number of fused-ring (bicyclic) bond motifs is 1. The molecule has 1 aliphatic carbocycles. The van der Waals surface area contributed by atoms with Crippen LogP contribution in [0.5, 0.6) is 0 Å². The first-order chi connectivity index (χ1) is 6.09. The molecule has 66 valence electrons. The fourth-order valence-electron chi connectivity index (χ4n) is 1.22. The maximum atomic E-state index is 11.3. The van der Waals surface area contributed by atoms with Crippen molar-refractivity contribution in [2.75, 3.05) is 0 Å². The molecule has 4 heteroatoms. The van der Waals surface area contributed by atoms with Gasteiger partial charge >= 0.3 is 0 Å². The Bertz CT molecular complexity index is 435. The summed E-state index contributed by atoms with van der Waals surface area (Å²) in [4.78, 5) is 11.3. The van der Waals surface area contributed by atoms with E-state index in [2.05, 4.69) is 0 Å². The molecule has 1 nitrogen and oxygen atoms in total. The average Bonchev–Trinajstić information content (AvgIpc) is 2.31. The number of allylic oxidation sites excluding steroid dienone is 1. The van der Waals surface area contributed by atoms with Crippen LogP contribution in [-0.2, 0) is 0 Å². The molecular weight excluding hydrogens is 230 g/mol. The van der Waals surface area contributed by atoms with Crippen molar-refractivity contribution in [2.45, 2.75) is 0 Å². The summed E-state index contributed by atoms with van der Waals surface area (Å²) in [7, 11) is 0. The van der Waals surface area contributed by atoms with Crippen molar-refractivity contribution in [3.63, 3.8) is 0 Å². The van der Waals surface area contributed by atoms with Crippen LogP contribution >= 0.6 is 34.8 Å². The summed E-state index contributed by atoms with van der Waals surface area (Å²) >= 11 is 17.3. The van der Waals surface area contributed by atoms with E-state index in [0.29, 0.717) is 26.2 Å².